The Kier molecular flexibility index (Phi) is 7.33. The van der Waals surface area contributed by atoms with Gasteiger partial charge in [-0.1, -0.05) is 38.1 Å². The largest absolute Gasteiger partial charge is 0.508 e. The molecule has 0 aliphatic carbocycles. The van der Waals surface area contributed by atoms with Gasteiger partial charge in [0.25, 0.3) is 0 Å². The number of aliphatic carboxylic acids is 1. The Morgan fingerprint density at radius 2 is 2.03 bits per heavy atom. The second-order valence-electron chi connectivity index (χ2n) is 8.80. The lowest BCUT2D eigenvalue weighted by molar-refractivity contribution is -0.138. The standard InChI is InChI=1S/C25H32N2O4/c1-18-17-27(14-12-25(18,2)20-4-3-5-22(29)16-20)13-10-19-6-8-21(9-7-19)26-23(11-15-28)24(30)31/h3-9,15-16,18,23,26,29H,10-14,17H2,1-2H3,(H,30,31). The molecule has 0 bridgehead atoms. The molecular formula is C25H32N2O4. The summed E-state index contributed by atoms with van der Waals surface area (Å²) >= 11 is 0. The van der Waals surface area contributed by atoms with Gasteiger partial charge in [-0.05, 0) is 66.1 Å². The summed E-state index contributed by atoms with van der Waals surface area (Å²) in [6.07, 6.45) is 2.53. The van der Waals surface area contributed by atoms with Gasteiger partial charge in [0.2, 0.25) is 0 Å². The van der Waals surface area contributed by atoms with Gasteiger partial charge in [-0.2, -0.15) is 0 Å². The van der Waals surface area contributed by atoms with Crippen LogP contribution in [-0.2, 0) is 21.4 Å². The SMILES string of the molecule is CC1CN(CCc2ccc(NC(CC=O)C(=O)O)cc2)CCC1(C)c1cccc(O)c1. The van der Waals surface area contributed by atoms with E-state index in [1.54, 1.807) is 6.07 Å². The molecule has 0 radical (unpaired) electrons. The summed E-state index contributed by atoms with van der Waals surface area (Å²) in [5.74, 6) is -0.236. The summed E-state index contributed by atoms with van der Waals surface area (Å²) in [7, 11) is 0. The third kappa shape index (κ3) is 5.64. The van der Waals surface area contributed by atoms with Crippen LogP contribution >= 0.6 is 0 Å². The Bertz CT molecular complexity index is 899. The highest BCUT2D eigenvalue weighted by Gasteiger charge is 2.37. The molecule has 166 valence electrons. The maximum atomic E-state index is 11.2. The number of likely N-dealkylation sites (tertiary alicyclic amines) is 1. The van der Waals surface area contributed by atoms with E-state index in [4.69, 9.17) is 5.11 Å². The molecule has 2 aromatic carbocycles. The molecule has 1 heterocycles. The van der Waals surface area contributed by atoms with Crippen molar-refractivity contribution in [2.24, 2.45) is 5.92 Å². The van der Waals surface area contributed by atoms with Crippen LogP contribution in [0.1, 0.15) is 37.8 Å². The maximum absolute atomic E-state index is 11.2. The van der Waals surface area contributed by atoms with Gasteiger partial charge in [-0.15, -0.1) is 0 Å². The summed E-state index contributed by atoms with van der Waals surface area (Å²) < 4.78 is 0. The number of rotatable bonds is 9. The van der Waals surface area contributed by atoms with E-state index in [1.165, 1.54) is 11.1 Å². The number of aromatic hydroxyl groups is 1. The van der Waals surface area contributed by atoms with Gasteiger partial charge < -0.3 is 25.2 Å². The Morgan fingerprint density at radius 3 is 2.65 bits per heavy atom. The smallest absolute Gasteiger partial charge is 0.326 e. The molecule has 3 unspecified atom stereocenters. The van der Waals surface area contributed by atoms with E-state index in [1.807, 2.05) is 36.4 Å². The van der Waals surface area contributed by atoms with Crippen molar-refractivity contribution in [3.63, 3.8) is 0 Å². The second kappa shape index (κ2) is 9.96. The molecule has 1 saturated heterocycles. The first kappa shape index (κ1) is 22.8. The fourth-order valence-electron chi connectivity index (χ4n) is 4.38. The quantitative estimate of drug-likeness (QED) is 0.532. The van der Waals surface area contributed by atoms with Crippen LogP contribution in [0.3, 0.4) is 0 Å². The summed E-state index contributed by atoms with van der Waals surface area (Å²) in [6.45, 7) is 7.58. The van der Waals surface area contributed by atoms with Crippen molar-refractivity contribution < 1.29 is 19.8 Å². The number of benzene rings is 2. The summed E-state index contributed by atoms with van der Waals surface area (Å²) in [4.78, 5) is 24.3. The predicted octanol–water partition coefficient (Wildman–Crippen LogP) is 3.69. The molecule has 6 nitrogen and oxygen atoms in total. The summed E-state index contributed by atoms with van der Waals surface area (Å²) in [6, 6.07) is 14.5. The van der Waals surface area contributed by atoms with Crippen LogP contribution in [0.4, 0.5) is 5.69 Å². The monoisotopic (exact) mass is 424 g/mol. The molecule has 1 aliphatic rings. The molecule has 1 aliphatic heterocycles. The number of phenolic OH excluding ortho intramolecular Hbond substituents is 1. The van der Waals surface area contributed by atoms with E-state index < -0.39 is 12.0 Å². The van der Waals surface area contributed by atoms with E-state index in [0.717, 1.165) is 32.5 Å². The lowest BCUT2D eigenvalue weighted by atomic mass is 9.68. The Labute approximate surface area is 183 Å². The van der Waals surface area contributed by atoms with Crippen molar-refractivity contribution >= 4 is 17.9 Å². The number of carbonyl (C=O) groups excluding carboxylic acids is 1. The molecule has 3 N–H and O–H groups in total. The number of carboxylic acids is 1. The topological polar surface area (TPSA) is 89.9 Å². The third-order valence-electron chi connectivity index (χ3n) is 6.71. The van der Waals surface area contributed by atoms with Crippen LogP contribution in [0.5, 0.6) is 5.75 Å². The van der Waals surface area contributed by atoms with E-state index in [9.17, 15) is 14.7 Å². The molecule has 3 rings (SSSR count). The number of piperidine rings is 1. The first-order chi connectivity index (χ1) is 14.8. The molecule has 0 saturated carbocycles. The van der Waals surface area contributed by atoms with Gasteiger partial charge in [-0.25, -0.2) is 4.79 Å². The van der Waals surface area contributed by atoms with Crippen LogP contribution in [0, 0.1) is 5.92 Å². The van der Waals surface area contributed by atoms with Crippen LogP contribution in [0.15, 0.2) is 48.5 Å². The normalized spacial score (nSPS) is 22.6. The number of hydrogen-bond donors (Lipinski definition) is 3. The van der Waals surface area contributed by atoms with Crippen molar-refractivity contribution in [3.8, 4) is 5.75 Å². The van der Waals surface area contributed by atoms with E-state index in [2.05, 4.69) is 30.1 Å². The zero-order valence-electron chi connectivity index (χ0n) is 18.3. The number of hydrogen-bond acceptors (Lipinski definition) is 5. The van der Waals surface area contributed by atoms with Crippen LogP contribution < -0.4 is 5.32 Å². The summed E-state index contributed by atoms with van der Waals surface area (Å²) in [5, 5.41) is 21.9. The van der Waals surface area contributed by atoms with E-state index in [0.29, 0.717) is 23.6 Å². The molecule has 2 aromatic rings. The van der Waals surface area contributed by atoms with Crippen molar-refractivity contribution in [1.29, 1.82) is 0 Å². The number of nitrogens with zero attached hydrogens (tertiary/aromatic N) is 1. The van der Waals surface area contributed by atoms with Crippen molar-refractivity contribution in [2.45, 2.75) is 44.6 Å². The molecule has 3 atom stereocenters. The minimum Gasteiger partial charge on any atom is -0.508 e. The van der Waals surface area contributed by atoms with E-state index >= 15 is 0 Å². The Morgan fingerprint density at radius 1 is 1.29 bits per heavy atom. The number of nitrogens with one attached hydrogen (secondary N) is 1. The molecule has 0 amide bonds. The molecule has 0 spiro atoms. The molecule has 1 fully saturated rings. The van der Waals surface area contributed by atoms with Gasteiger partial charge in [0.05, 0.1) is 0 Å². The van der Waals surface area contributed by atoms with Crippen LogP contribution in [0.2, 0.25) is 0 Å². The first-order valence-electron chi connectivity index (χ1n) is 10.9. The minimum atomic E-state index is -1.03. The highest BCUT2D eigenvalue weighted by atomic mass is 16.4. The number of carbonyl (C=O) groups is 2. The van der Waals surface area contributed by atoms with E-state index in [-0.39, 0.29) is 11.8 Å². The molecule has 6 heteroatoms. The predicted molar refractivity (Wildman–Crippen MR) is 122 cm³/mol. The lowest BCUT2D eigenvalue weighted by Crippen LogP contribution is -2.47. The second-order valence-corrected chi connectivity index (χ2v) is 8.80. The maximum Gasteiger partial charge on any atom is 0.326 e. The number of aldehydes is 1. The molecule has 0 aromatic heterocycles. The number of phenols is 1. The average molecular weight is 425 g/mol. The highest BCUT2D eigenvalue weighted by molar-refractivity contribution is 5.80. The van der Waals surface area contributed by atoms with Gasteiger partial charge in [0.15, 0.2) is 0 Å². The highest BCUT2D eigenvalue weighted by Crippen LogP contribution is 2.40. The third-order valence-corrected chi connectivity index (χ3v) is 6.71. The molecule has 31 heavy (non-hydrogen) atoms. The Hall–Kier alpha value is -2.86. The average Bonchev–Trinajstić information content (AvgIpc) is 2.75. The first-order valence-corrected chi connectivity index (χ1v) is 10.9. The van der Waals surface area contributed by atoms with Crippen molar-refractivity contribution in [1.82, 2.24) is 4.90 Å². The van der Waals surface area contributed by atoms with Crippen LogP contribution in [-0.4, -0.2) is 53.0 Å². The van der Waals surface area contributed by atoms with Crippen molar-refractivity contribution in [2.75, 3.05) is 25.0 Å². The van der Waals surface area contributed by atoms with Gasteiger partial charge in [0, 0.05) is 25.2 Å². The minimum absolute atomic E-state index is 0.0603. The number of carboxylic acid groups (broad SMARTS) is 1. The van der Waals surface area contributed by atoms with Gasteiger partial charge >= 0.3 is 5.97 Å². The van der Waals surface area contributed by atoms with Gasteiger partial charge in [-0.3, -0.25) is 0 Å². The summed E-state index contributed by atoms with van der Waals surface area (Å²) in [5.41, 5.74) is 3.16. The van der Waals surface area contributed by atoms with Crippen molar-refractivity contribution in [3.05, 3.63) is 59.7 Å². The molecular weight excluding hydrogens is 392 g/mol. The van der Waals surface area contributed by atoms with Crippen LogP contribution in [0.25, 0.3) is 0 Å². The lowest BCUT2D eigenvalue weighted by Gasteiger charge is -2.45. The zero-order chi connectivity index (χ0) is 22.4. The van der Waals surface area contributed by atoms with Gasteiger partial charge in [0.1, 0.15) is 18.1 Å². The fraction of sp³-hybridized carbons (Fsp3) is 0.440. The fourth-order valence-corrected chi connectivity index (χ4v) is 4.38. The zero-order valence-corrected chi connectivity index (χ0v) is 18.3. The Balaban J connectivity index is 1.53. The number of anilines is 1.